The normalized spacial score (nSPS) is 27.5. The van der Waals surface area contributed by atoms with Gasteiger partial charge in [-0.25, -0.2) is 0 Å². The minimum absolute atomic E-state index is 0.0876. The van der Waals surface area contributed by atoms with E-state index in [2.05, 4.69) is 12.6 Å². The molecule has 1 unspecified atom stereocenters. The molecule has 0 aromatic rings. The smallest absolute Gasteiger partial charge is 0.249 e. The maximum Gasteiger partial charge on any atom is 0.249 e. The molecule has 2 fully saturated rings. The monoisotopic (exact) mass is 329 g/mol. The second kappa shape index (κ2) is 6.45. The maximum atomic E-state index is 12.9. The van der Waals surface area contributed by atoms with Crippen LogP contribution in [0.5, 0.6) is 0 Å². The van der Waals surface area contributed by atoms with Crippen molar-refractivity contribution in [1.82, 2.24) is 9.80 Å². The average Bonchev–Trinajstić information content (AvgIpc) is 2.98. The van der Waals surface area contributed by atoms with Crippen molar-refractivity contribution in [1.29, 1.82) is 0 Å². The zero-order chi connectivity index (χ0) is 16.5. The zero-order valence-electron chi connectivity index (χ0n) is 12.7. The van der Waals surface area contributed by atoms with E-state index in [-0.39, 0.29) is 18.2 Å². The van der Waals surface area contributed by atoms with Crippen LogP contribution in [0.3, 0.4) is 0 Å². The molecule has 2 rings (SSSR count). The molecule has 8 heteroatoms. The topological polar surface area (TPSA) is 104 Å². The van der Waals surface area contributed by atoms with Crippen LogP contribution in [0.4, 0.5) is 0 Å². The van der Waals surface area contributed by atoms with Gasteiger partial charge in [0.05, 0.1) is 6.10 Å². The zero-order valence-corrected chi connectivity index (χ0v) is 13.6. The number of aliphatic hydroxyl groups excluding tert-OH is 1. The first-order valence-corrected chi connectivity index (χ1v) is 8.18. The van der Waals surface area contributed by atoms with Crippen molar-refractivity contribution >= 4 is 30.4 Å². The first-order chi connectivity index (χ1) is 10.3. The predicted molar refractivity (Wildman–Crippen MR) is 83.1 cm³/mol. The molecule has 0 bridgehead atoms. The molecule has 7 nitrogen and oxygen atoms in total. The number of thiol groups is 1. The summed E-state index contributed by atoms with van der Waals surface area (Å²) >= 11 is 4.07. The van der Waals surface area contributed by atoms with Crippen molar-refractivity contribution in [3.05, 3.63) is 0 Å². The van der Waals surface area contributed by atoms with E-state index in [9.17, 15) is 19.5 Å². The first kappa shape index (κ1) is 17.1. The number of carbonyl (C=O) groups excluding carboxylic acids is 3. The molecule has 0 aromatic heterocycles. The van der Waals surface area contributed by atoms with Gasteiger partial charge in [-0.3, -0.25) is 14.4 Å². The number of primary amides is 1. The molecule has 3 N–H and O–H groups in total. The van der Waals surface area contributed by atoms with Crippen LogP contribution in [0.15, 0.2) is 0 Å². The quantitative estimate of drug-likeness (QED) is 0.571. The summed E-state index contributed by atoms with van der Waals surface area (Å²) < 4.78 is 0. The first-order valence-electron chi connectivity index (χ1n) is 7.55. The number of hydrogen-bond donors (Lipinski definition) is 3. The maximum absolute atomic E-state index is 12.9. The highest BCUT2D eigenvalue weighted by Gasteiger charge is 2.56. The van der Waals surface area contributed by atoms with Gasteiger partial charge in [0.15, 0.2) is 0 Å². The number of nitrogens with zero attached hydrogens (tertiary/aromatic N) is 2. The summed E-state index contributed by atoms with van der Waals surface area (Å²) in [6.07, 6.45) is 1.06. The van der Waals surface area contributed by atoms with Crippen LogP contribution >= 0.6 is 12.6 Å². The molecule has 22 heavy (non-hydrogen) atoms. The summed E-state index contributed by atoms with van der Waals surface area (Å²) in [5.41, 5.74) is 4.45. The van der Waals surface area contributed by atoms with E-state index in [1.807, 2.05) is 0 Å². The molecule has 2 aliphatic heterocycles. The minimum atomic E-state index is -1.05. The third-order valence-corrected chi connectivity index (χ3v) is 4.85. The SMILES string of the molecule is C[C@@H](O)[C@@H](C(N)=O)N1CCC2(CCCN2C(=O)CCS)C1=O. The molecule has 0 saturated carbocycles. The third-order valence-electron chi connectivity index (χ3n) is 4.62. The lowest BCUT2D eigenvalue weighted by atomic mass is 9.93. The van der Waals surface area contributed by atoms with Crippen molar-refractivity contribution in [3.63, 3.8) is 0 Å². The molecule has 0 aromatic carbocycles. The van der Waals surface area contributed by atoms with Gasteiger partial charge in [-0.15, -0.1) is 0 Å². The van der Waals surface area contributed by atoms with E-state index < -0.39 is 23.6 Å². The molecular weight excluding hydrogens is 306 g/mol. The molecule has 124 valence electrons. The Balaban J connectivity index is 2.25. The van der Waals surface area contributed by atoms with Gasteiger partial charge in [0, 0.05) is 19.5 Å². The number of hydrogen-bond acceptors (Lipinski definition) is 5. The Morgan fingerprint density at radius 1 is 1.41 bits per heavy atom. The van der Waals surface area contributed by atoms with E-state index in [1.165, 1.54) is 11.8 Å². The summed E-state index contributed by atoms with van der Waals surface area (Å²) in [4.78, 5) is 39.7. The van der Waals surface area contributed by atoms with Gasteiger partial charge in [-0.2, -0.15) is 12.6 Å². The largest absolute Gasteiger partial charge is 0.391 e. The number of rotatable bonds is 5. The average molecular weight is 329 g/mol. The molecule has 0 aliphatic carbocycles. The number of nitrogens with two attached hydrogens (primary N) is 1. The number of amides is 3. The molecule has 2 heterocycles. The van der Waals surface area contributed by atoms with Crippen LogP contribution in [0.1, 0.15) is 32.6 Å². The van der Waals surface area contributed by atoms with Crippen LogP contribution in [0.25, 0.3) is 0 Å². The van der Waals surface area contributed by atoms with E-state index in [0.29, 0.717) is 31.7 Å². The number of aliphatic hydroxyl groups is 1. The highest BCUT2D eigenvalue weighted by Crippen LogP contribution is 2.40. The van der Waals surface area contributed by atoms with Crippen LogP contribution < -0.4 is 5.73 Å². The van der Waals surface area contributed by atoms with E-state index in [4.69, 9.17) is 5.73 Å². The number of likely N-dealkylation sites (tertiary alicyclic amines) is 2. The third kappa shape index (κ3) is 2.69. The summed E-state index contributed by atoms with van der Waals surface area (Å²) in [5, 5.41) is 9.77. The highest BCUT2D eigenvalue weighted by atomic mass is 32.1. The lowest BCUT2D eigenvalue weighted by molar-refractivity contribution is -0.150. The van der Waals surface area contributed by atoms with E-state index >= 15 is 0 Å². The second-order valence-electron chi connectivity index (χ2n) is 5.99. The van der Waals surface area contributed by atoms with Crippen molar-refractivity contribution in [2.45, 2.75) is 50.3 Å². The molecule has 1 spiro atoms. The van der Waals surface area contributed by atoms with Gasteiger partial charge in [0.25, 0.3) is 0 Å². The van der Waals surface area contributed by atoms with Gasteiger partial charge in [-0.1, -0.05) is 0 Å². The number of carbonyl (C=O) groups is 3. The van der Waals surface area contributed by atoms with Crippen LogP contribution in [-0.4, -0.2) is 69.2 Å². The van der Waals surface area contributed by atoms with Gasteiger partial charge >= 0.3 is 0 Å². The van der Waals surface area contributed by atoms with E-state index in [0.717, 1.165) is 6.42 Å². The molecule has 2 saturated heterocycles. The van der Waals surface area contributed by atoms with Crippen LogP contribution in [0, 0.1) is 0 Å². The Morgan fingerprint density at radius 3 is 2.64 bits per heavy atom. The Morgan fingerprint density at radius 2 is 2.09 bits per heavy atom. The van der Waals surface area contributed by atoms with Gasteiger partial charge < -0.3 is 20.6 Å². The Hall–Kier alpha value is -1.28. The second-order valence-corrected chi connectivity index (χ2v) is 6.44. The van der Waals surface area contributed by atoms with Crippen molar-refractivity contribution in [3.8, 4) is 0 Å². The summed E-state index contributed by atoms with van der Waals surface area (Å²) in [6, 6.07) is -1.05. The summed E-state index contributed by atoms with van der Waals surface area (Å²) in [6.45, 7) is 2.30. The summed E-state index contributed by atoms with van der Waals surface area (Å²) in [7, 11) is 0. The van der Waals surface area contributed by atoms with Crippen molar-refractivity contribution < 1.29 is 19.5 Å². The fourth-order valence-electron chi connectivity index (χ4n) is 3.65. The summed E-state index contributed by atoms with van der Waals surface area (Å²) in [5.74, 6) is -0.662. The lowest BCUT2D eigenvalue weighted by Crippen LogP contribution is -2.57. The Bertz CT molecular complexity index is 485. The lowest BCUT2D eigenvalue weighted by Gasteiger charge is -2.35. The molecule has 3 atom stereocenters. The predicted octanol–water partition coefficient (Wildman–Crippen LogP) is -0.865. The molecule has 0 radical (unpaired) electrons. The van der Waals surface area contributed by atoms with Gasteiger partial charge in [-0.05, 0) is 31.9 Å². The molecule has 2 aliphatic rings. The van der Waals surface area contributed by atoms with Crippen molar-refractivity contribution in [2.24, 2.45) is 5.73 Å². The minimum Gasteiger partial charge on any atom is -0.391 e. The van der Waals surface area contributed by atoms with Gasteiger partial charge in [0.2, 0.25) is 17.7 Å². The van der Waals surface area contributed by atoms with Crippen LogP contribution in [-0.2, 0) is 14.4 Å². The Kier molecular flexibility index (Phi) is 5.01. The fourth-order valence-corrected chi connectivity index (χ4v) is 3.84. The van der Waals surface area contributed by atoms with Gasteiger partial charge in [0.1, 0.15) is 11.6 Å². The van der Waals surface area contributed by atoms with Crippen LogP contribution in [0.2, 0.25) is 0 Å². The standard InChI is InChI=1S/C14H23N3O4S/c1-9(18)11(12(15)20)16-7-5-14(13(16)21)4-2-6-17(14)10(19)3-8-22/h9,11,18,22H,2-8H2,1H3,(H2,15,20)/t9-,11+,14?/m1/s1. The fraction of sp³-hybridized carbons (Fsp3) is 0.786. The molecular formula is C14H23N3O4S. The molecule has 3 amide bonds. The van der Waals surface area contributed by atoms with Crippen molar-refractivity contribution in [2.75, 3.05) is 18.8 Å². The van der Waals surface area contributed by atoms with E-state index in [1.54, 1.807) is 4.90 Å². The Labute approximate surface area is 135 Å². The highest BCUT2D eigenvalue weighted by molar-refractivity contribution is 7.80.